The van der Waals surface area contributed by atoms with Crippen molar-refractivity contribution >= 4 is 46.8 Å². The van der Waals surface area contributed by atoms with E-state index in [1.54, 1.807) is 12.1 Å². The zero-order valence-electron chi connectivity index (χ0n) is 8.29. The van der Waals surface area contributed by atoms with Gasteiger partial charge < -0.3 is 5.32 Å². The van der Waals surface area contributed by atoms with Gasteiger partial charge in [-0.1, -0.05) is 29.3 Å². The van der Waals surface area contributed by atoms with E-state index in [2.05, 4.69) is 5.32 Å². The van der Waals surface area contributed by atoms with E-state index < -0.39 is 17.5 Å². The van der Waals surface area contributed by atoms with Crippen molar-refractivity contribution < 1.29 is 14.4 Å². The van der Waals surface area contributed by atoms with E-state index in [4.69, 9.17) is 23.2 Å². The molecule has 4 nitrogen and oxygen atoms in total. The highest BCUT2D eigenvalue weighted by Crippen LogP contribution is 2.23. The summed E-state index contributed by atoms with van der Waals surface area (Å²) >= 11 is 11.6. The van der Waals surface area contributed by atoms with Gasteiger partial charge in [-0.25, -0.2) is 0 Å². The predicted molar refractivity (Wildman–Crippen MR) is 62.6 cm³/mol. The molecule has 0 bridgehead atoms. The lowest BCUT2D eigenvalue weighted by Crippen LogP contribution is -2.18. The number of halogens is 2. The number of Topliss-reactive ketones (excluding diaryl/α,β-unsaturated/α-hetero) is 2. The summed E-state index contributed by atoms with van der Waals surface area (Å²) in [6.45, 7) is 0. The second-order valence-corrected chi connectivity index (χ2v) is 4.18. The molecule has 0 aromatic heterocycles. The van der Waals surface area contributed by atoms with E-state index in [1.807, 2.05) is 0 Å². The SMILES string of the molecule is O=C1NC(=Cc2ccc(Cl)cc2Cl)C(=O)C1=O. The number of allylic oxidation sites excluding steroid dienone is 1. The molecule has 1 amide bonds. The predicted octanol–water partition coefficient (Wildman–Crippen LogP) is 1.60. The monoisotopic (exact) mass is 269 g/mol. The van der Waals surface area contributed by atoms with Crippen molar-refractivity contribution in [3.63, 3.8) is 0 Å². The molecule has 17 heavy (non-hydrogen) atoms. The molecule has 1 N–H and O–H groups in total. The molecule has 86 valence electrons. The average molecular weight is 270 g/mol. The molecule has 2 rings (SSSR count). The fourth-order valence-corrected chi connectivity index (χ4v) is 1.80. The minimum absolute atomic E-state index is 0.0794. The van der Waals surface area contributed by atoms with Crippen LogP contribution in [0.25, 0.3) is 6.08 Å². The topological polar surface area (TPSA) is 63.2 Å². The molecule has 0 aliphatic carbocycles. The van der Waals surface area contributed by atoms with Gasteiger partial charge in [0, 0.05) is 10.0 Å². The highest BCUT2D eigenvalue weighted by atomic mass is 35.5. The lowest BCUT2D eigenvalue weighted by atomic mass is 10.1. The molecule has 1 aromatic carbocycles. The third kappa shape index (κ3) is 2.23. The number of hydrogen-bond acceptors (Lipinski definition) is 3. The van der Waals surface area contributed by atoms with Crippen molar-refractivity contribution in [2.24, 2.45) is 0 Å². The van der Waals surface area contributed by atoms with E-state index in [1.165, 1.54) is 12.1 Å². The number of amides is 1. The zero-order valence-corrected chi connectivity index (χ0v) is 9.80. The number of rotatable bonds is 1. The first kappa shape index (κ1) is 11.8. The number of ketones is 2. The Labute approximate surface area is 106 Å². The average Bonchev–Trinajstić information content (AvgIpc) is 2.50. The van der Waals surface area contributed by atoms with Crippen molar-refractivity contribution in [1.82, 2.24) is 5.32 Å². The first-order chi connectivity index (χ1) is 7.99. The molecule has 1 aliphatic rings. The van der Waals surface area contributed by atoms with Crippen molar-refractivity contribution in [1.29, 1.82) is 0 Å². The standard InChI is InChI=1S/C11H5Cl2NO3/c12-6-2-1-5(7(13)4-6)3-8-9(15)10(16)11(17)14-8/h1-4H,(H,14,17). The summed E-state index contributed by atoms with van der Waals surface area (Å²) in [5.74, 6) is -2.85. The van der Waals surface area contributed by atoms with Crippen LogP contribution in [-0.4, -0.2) is 17.5 Å². The number of benzene rings is 1. The van der Waals surface area contributed by atoms with E-state index in [-0.39, 0.29) is 5.70 Å². The highest BCUT2D eigenvalue weighted by molar-refractivity contribution is 6.71. The van der Waals surface area contributed by atoms with E-state index in [9.17, 15) is 14.4 Å². The molecule has 0 unspecified atom stereocenters. The lowest BCUT2D eigenvalue weighted by molar-refractivity contribution is -0.140. The largest absolute Gasteiger partial charge is 0.316 e. The molecule has 0 radical (unpaired) electrons. The fourth-order valence-electron chi connectivity index (χ4n) is 1.34. The van der Waals surface area contributed by atoms with Gasteiger partial charge in [-0.15, -0.1) is 0 Å². The fraction of sp³-hybridized carbons (Fsp3) is 0. The number of carbonyl (C=O) groups is 3. The maximum Gasteiger partial charge on any atom is 0.300 e. The van der Waals surface area contributed by atoms with Gasteiger partial charge in [0.1, 0.15) is 0 Å². The first-order valence-electron chi connectivity index (χ1n) is 4.56. The summed E-state index contributed by atoms with van der Waals surface area (Å²) < 4.78 is 0. The van der Waals surface area contributed by atoms with Crippen molar-refractivity contribution in [3.8, 4) is 0 Å². The molecule has 0 saturated carbocycles. The minimum atomic E-state index is -1.07. The maximum absolute atomic E-state index is 11.3. The van der Waals surface area contributed by atoms with Crippen LogP contribution in [-0.2, 0) is 14.4 Å². The van der Waals surface area contributed by atoms with Crippen molar-refractivity contribution in [2.75, 3.05) is 0 Å². The normalized spacial score (nSPS) is 17.8. The van der Waals surface area contributed by atoms with Crippen LogP contribution in [0, 0.1) is 0 Å². The lowest BCUT2D eigenvalue weighted by Gasteiger charge is -2.00. The summed E-state index contributed by atoms with van der Waals surface area (Å²) in [5, 5.41) is 2.95. The van der Waals surface area contributed by atoms with Crippen LogP contribution in [0.5, 0.6) is 0 Å². The molecule has 1 heterocycles. The molecule has 1 saturated heterocycles. The number of carbonyl (C=O) groups excluding carboxylic acids is 3. The summed E-state index contributed by atoms with van der Waals surface area (Å²) in [6.07, 6.45) is 1.34. The number of nitrogens with one attached hydrogen (secondary N) is 1. The van der Waals surface area contributed by atoms with Gasteiger partial charge in [-0.05, 0) is 23.8 Å². The van der Waals surface area contributed by atoms with Gasteiger partial charge in [-0.3, -0.25) is 14.4 Å². The Morgan fingerprint density at radius 1 is 1.06 bits per heavy atom. The maximum atomic E-state index is 11.3. The summed E-state index contributed by atoms with van der Waals surface area (Å²) in [7, 11) is 0. The minimum Gasteiger partial charge on any atom is -0.316 e. The number of hydrogen-bond donors (Lipinski definition) is 1. The Balaban J connectivity index is 2.41. The molecule has 0 atom stereocenters. The Morgan fingerprint density at radius 2 is 1.76 bits per heavy atom. The quantitative estimate of drug-likeness (QED) is 0.622. The van der Waals surface area contributed by atoms with Gasteiger partial charge in [0.15, 0.2) is 0 Å². The van der Waals surface area contributed by atoms with Gasteiger partial charge in [0.05, 0.1) is 5.70 Å². The molecular formula is C11H5Cl2NO3. The Hall–Kier alpha value is -1.65. The van der Waals surface area contributed by atoms with Crippen LogP contribution >= 0.6 is 23.2 Å². The second kappa shape index (κ2) is 4.31. The third-order valence-electron chi connectivity index (χ3n) is 2.17. The van der Waals surface area contributed by atoms with Crippen LogP contribution < -0.4 is 5.32 Å². The van der Waals surface area contributed by atoms with Gasteiger partial charge in [0.2, 0.25) is 0 Å². The van der Waals surface area contributed by atoms with Crippen LogP contribution in [0.4, 0.5) is 0 Å². The van der Waals surface area contributed by atoms with E-state index in [0.29, 0.717) is 15.6 Å². The van der Waals surface area contributed by atoms with Gasteiger partial charge >= 0.3 is 5.91 Å². The van der Waals surface area contributed by atoms with E-state index >= 15 is 0 Å². The molecule has 1 aliphatic heterocycles. The smallest absolute Gasteiger partial charge is 0.300 e. The highest BCUT2D eigenvalue weighted by Gasteiger charge is 2.34. The molecule has 1 aromatic rings. The third-order valence-corrected chi connectivity index (χ3v) is 2.73. The van der Waals surface area contributed by atoms with Gasteiger partial charge in [0.25, 0.3) is 11.6 Å². The van der Waals surface area contributed by atoms with Crippen LogP contribution in [0.3, 0.4) is 0 Å². The van der Waals surface area contributed by atoms with Crippen molar-refractivity contribution in [3.05, 3.63) is 39.5 Å². The molecular weight excluding hydrogens is 265 g/mol. The molecule has 0 spiro atoms. The van der Waals surface area contributed by atoms with Crippen LogP contribution in [0.2, 0.25) is 10.0 Å². The van der Waals surface area contributed by atoms with Crippen LogP contribution in [0.1, 0.15) is 5.56 Å². The Kier molecular flexibility index (Phi) is 3.00. The zero-order chi connectivity index (χ0) is 12.6. The van der Waals surface area contributed by atoms with E-state index in [0.717, 1.165) is 0 Å². The van der Waals surface area contributed by atoms with Gasteiger partial charge in [-0.2, -0.15) is 0 Å². The first-order valence-corrected chi connectivity index (χ1v) is 5.31. The van der Waals surface area contributed by atoms with Crippen LogP contribution in [0.15, 0.2) is 23.9 Å². The summed E-state index contributed by atoms with van der Waals surface area (Å²) in [5.41, 5.74) is 0.415. The Morgan fingerprint density at radius 3 is 2.29 bits per heavy atom. The Bertz CT molecular complexity index is 578. The molecule has 1 fully saturated rings. The second-order valence-electron chi connectivity index (χ2n) is 3.34. The van der Waals surface area contributed by atoms with Crippen molar-refractivity contribution in [2.45, 2.75) is 0 Å². The summed E-state index contributed by atoms with van der Waals surface area (Å²) in [4.78, 5) is 33.3. The summed E-state index contributed by atoms with van der Waals surface area (Å²) in [6, 6.07) is 4.67. The molecule has 6 heteroatoms.